The van der Waals surface area contributed by atoms with Gasteiger partial charge in [-0.3, -0.25) is 4.79 Å². The van der Waals surface area contributed by atoms with Crippen molar-refractivity contribution in [2.45, 2.75) is 40.5 Å². The predicted octanol–water partition coefficient (Wildman–Crippen LogP) is 1.84. The minimum absolute atomic E-state index is 0.182. The van der Waals surface area contributed by atoms with E-state index in [1.807, 2.05) is 19.9 Å². The van der Waals surface area contributed by atoms with Crippen LogP contribution < -0.4 is 5.32 Å². The minimum atomic E-state index is -0.233. The quantitative estimate of drug-likeness (QED) is 0.838. The van der Waals surface area contributed by atoms with Crippen LogP contribution in [0.25, 0.3) is 5.78 Å². The first-order valence-electron chi connectivity index (χ1n) is 9.14. The van der Waals surface area contributed by atoms with Crippen molar-refractivity contribution >= 4 is 11.7 Å². The van der Waals surface area contributed by atoms with Crippen molar-refractivity contribution < 1.29 is 4.79 Å². The molecule has 7 nitrogen and oxygen atoms in total. The Morgan fingerprint density at radius 2 is 1.96 bits per heavy atom. The van der Waals surface area contributed by atoms with Crippen molar-refractivity contribution in [1.82, 2.24) is 29.8 Å². The molecule has 7 heteroatoms. The van der Waals surface area contributed by atoms with Gasteiger partial charge in [-0.05, 0) is 51.1 Å². The summed E-state index contributed by atoms with van der Waals surface area (Å²) in [5.41, 5.74) is 1.79. The molecule has 0 aliphatic carbocycles. The topological polar surface area (TPSA) is 75.4 Å². The van der Waals surface area contributed by atoms with Crippen LogP contribution in [0.15, 0.2) is 6.07 Å². The van der Waals surface area contributed by atoms with Crippen molar-refractivity contribution in [3.8, 4) is 0 Å². The van der Waals surface area contributed by atoms with E-state index in [4.69, 9.17) is 0 Å². The minimum Gasteiger partial charge on any atom is -0.349 e. The fourth-order valence-corrected chi connectivity index (χ4v) is 3.82. The van der Waals surface area contributed by atoms with Crippen LogP contribution in [-0.4, -0.2) is 56.6 Å². The molecule has 2 aromatic heterocycles. The lowest BCUT2D eigenvalue weighted by Gasteiger charge is -2.34. The van der Waals surface area contributed by atoms with Crippen LogP contribution in [0.4, 0.5) is 0 Å². The molecule has 3 rings (SSSR count). The van der Waals surface area contributed by atoms with Gasteiger partial charge in [0.25, 0.3) is 11.7 Å². The molecule has 2 atom stereocenters. The third kappa shape index (κ3) is 4.34. The maximum absolute atomic E-state index is 12.3. The Kier molecular flexibility index (Phi) is 5.32. The number of piperidine rings is 1. The van der Waals surface area contributed by atoms with Crippen LogP contribution in [0.2, 0.25) is 0 Å². The molecule has 1 fully saturated rings. The number of carbonyl (C=O) groups excluding carboxylic acids is 1. The summed E-state index contributed by atoms with van der Waals surface area (Å²) in [5, 5.41) is 7.19. The van der Waals surface area contributed by atoms with Gasteiger partial charge >= 0.3 is 0 Å². The number of amides is 1. The van der Waals surface area contributed by atoms with Crippen molar-refractivity contribution in [2.24, 2.45) is 11.8 Å². The highest BCUT2D eigenvalue weighted by molar-refractivity contribution is 5.90. The number of fused-ring (bicyclic) bond motifs is 1. The van der Waals surface area contributed by atoms with Crippen LogP contribution >= 0.6 is 0 Å². The molecule has 25 heavy (non-hydrogen) atoms. The largest absolute Gasteiger partial charge is 0.349 e. The van der Waals surface area contributed by atoms with Gasteiger partial charge in [0.1, 0.15) is 0 Å². The number of likely N-dealkylation sites (tertiary alicyclic amines) is 1. The summed E-state index contributed by atoms with van der Waals surface area (Å²) < 4.78 is 1.61. The second kappa shape index (κ2) is 7.47. The van der Waals surface area contributed by atoms with E-state index in [9.17, 15) is 4.79 Å². The lowest BCUT2D eigenvalue weighted by Crippen LogP contribution is -2.40. The third-order valence-corrected chi connectivity index (χ3v) is 4.70. The van der Waals surface area contributed by atoms with Gasteiger partial charge in [-0.25, -0.2) is 9.50 Å². The van der Waals surface area contributed by atoms with Crippen LogP contribution in [-0.2, 0) is 0 Å². The van der Waals surface area contributed by atoms with Crippen LogP contribution in [0, 0.1) is 25.7 Å². The van der Waals surface area contributed by atoms with Crippen LogP contribution in [0.1, 0.15) is 48.7 Å². The molecule has 1 aliphatic rings. The monoisotopic (exact) mass is 344 g/mol. The van der Waals surface area contributed by atoms with Crippen molar-refractivity contribution in [3.63, 3.8) is 0 Å². The average Bonchev–Trinajstić information content (AvgIpc) is 2.95. The Balaban J connectivity index is 1.50. The molecule has 1 amide bonds. The SMILES string of the molecule is Cc1cc(C)n2nc(C(=O)NCCCN3C[C@H](C)C[C@H](C)C3)nc2n1. The van der Waals surface area contributed by atoms with E-state index < -0.39 is 0 Å². The fraction of sp³-hybridized carbons (Fsp3) is 0.667. The lowest BCUT2D eigenvalue weighted by atomic mass is 9.92. The molecule has 1 aliphatic heterocycles. The number of hydrogen-bond acceptors (Lipinski definition) is 5. The third-order valence-electron chi connectivity index (χ3n) is 4.70. The predicted molar refractivity (Wildman–Crippen MR) is 96.6 cm³/mol. The lowest BCUT2D eigenvalue weighted by molar-refractivity contribution is 0.0937. The smallest absolute Gasteiger partial charge is 0.291 e. The number of nitrogens with one attached hydrogen (secondary N) is 1. The highest BCUT2D eigenvalue weighted by atomic mass is 16.2. The van der Waals surface area contributed by atoms with Gasteiger partial charge in [0, 0.05) is 31.0 Å². The number of nitrogens with zero attached hydrogens (tertiary/aromatic N) is 5. The maximum atomic E-state index is 12.3. The molecular formula is C18H28N6O. The maximum Gasteiger partial charge on any atom is 0.291 e. The summed E-state index contributed by atoms with van der Waals surface area (Å²) in [5.74, 6) is 1.95. The Morgan fingerprint density at radius 3 is 2.68 bits per heavy atom. The van der Waals surface area contributed by atoms with Gasteiger partial charge in [0.2, 0.25) is 5.82 Å². The normalized spacial score (nSPS) is 21.6. The highest BCUT2D eigenvalue weighted by Gasteiger charge is 2.21. The van der Waals surface area contributed by atoms with E-state index in [2.05, 4.69) is 39.1 Å². The van der Waals surface area contributed by atoms with E-state index in [0.717, 1.165) is 49.3 Å². The Morgan fingerprint density at radius 1 is 1.24 bits per heavy atom. The standard InChI is InChI=1S/C18H28N6O/c1-12-8-13(2)11-23(10-12)7-5-6-19-17(25)16-21-18-20-14(3)9-15(4)24(18)22-16/h9,12-13H,5-8,10-11H2,1-4H3,(H,19,25)/t12-,13+. The molecule has 0 saturated carbocycles. The molecule has 0 spiro atoms. The molecule has 136 valence electrons. The van der Waals surface area contributed by atoms with Gasteiger partial charge in [-0.15, -0.1) is 5.10 Å². The summed E-state index contributed by atoms with van der Waals surface area (Å²) >= 11 is 0. The molecule has 0 aromatic carbocycles. The van der Waals surface area contributed by atoms with E-state index in [1.165, 1.54) is 6.42 Å². The number of carbonyl (C=O) groups is 1. The number of rotatable bonds is 5. The highest BCUT2D eigenvalue weighted by Crippen LogP contribution is 2.20. The first-order valence-corrected chi connectivity index (χ1v) is 9.14. The molecule has 0 radical (unpaired) electrons. The zero-order valence-electron chi connectivity index (χ0n) is 15.6. The van der Waals surface area contributed by atoms with Crippen LogP contribution in [0.3, 0.4) is 0 Å². The Hall–Kier alpha value is -2.02. The van der Waals surface area contributed by atoms with Gasteiger partial charge in [-0.1, -0.05) is 13.8 Å². The first kappa shape index (κ1) is 17.8. The molecule has 0 bridgehead atoms. The summed E-state index contributed by atoms with van der Waals surface area (Å²) in [7, 11) is 0. The second-order valence-electron chi connectivity index (χ2n) is 7.50. The fourth-order valence-electron chi connectivity index (χ4n) is 3.82. The summed E-state index contributed by atoms with van der Waals surface area (Å²) in [6.45, 7) is 12.5. The van der Waals surface area contributed by atoms with Gasteiger partial charge < -0.3 is 10.2 Å². The van der Waals surface area contributed by atoms with E-state index in [0.29, 0.717) is 12.3 Å². The number of hydrogen-bond donors (Lipinski definition) is 1. The van der Waals surface area contributed by atoms with Gasteiger partial charge in [0.15, 0.2) is 0 Å². The molecule has 0 unspecified atom stereocenters. The summed E-state index contributed by atoms with van der Waals surface area (Å²) in [6.07, 6.45) is 2.26. The molecular weight excluding hydrogens is 316 g/mol. The van der Waals surface area contributed by atoms with E-state index >= 15 is 0 Å². The van der Waals surface area contributed by atoms with Crippen molar-refractivity contribution in [2.75, 3.05) is 26.2 Å². The van der Waals surface area contributed by atoms with E-state index in [1.54, 1.807) is 4.52 Å². The van der Waals surface area contributed by atoms with Crippen molar-refractivity contribution in [3.05, 3.63) is 23.3 Å². The van der Waals surface area contributed by atoms with Crippen LogP contribution in [0.5, 0.6) is 0 Å². The molecule has 2 aromatic rings. The summed E-state index contributed by atoms with van der Waals surface area (Å²) in [4.78, 5) is 23.3. The molecule has 1 saturated heterocycles. The second-order valence-corrected chi connectivity index (χ2v) is 7.50. The zero-order chi connectivity index (χ0) is 18.0. The van der Waals surface area contributed by atoms with E-state index in [-0.39, 0.29) is 11.7 Å². The summed E-state index contributed by atoms with van der Waals surface area (Å²) in [6, 6.07) is 1.92. The number of aromatic nitrogens is 4. The number of aryl methyl sites for hydroxylation is 2. The first-order chi connectivity index (χ1) is 11.9. The Labute approximate surface area is 148 Å². The molecule has 1 N–H and O–H groups in total. The zero-order valence-corrected chi connectivity index (χ0v) is 15.6. The molecule has 3 heterocycles. The average molecular weight is 344 g/mol. The Bertz CT molecular complexity index is 745. The van der Waals surface area contributed by atoms with Gasteiger partial charge in [-0.2, -0.15) is 4.98 Å². The van der Waals surface area contributed by atoms with Gasteiger partial charge in [0.05, 0.1) is 0 Å². The van der Waals surface area contributed by atoms with Crippen molar-refractivity contribution in [1.29, 1.82) is 0 Å².